The van der Waals surface area contributed by atoms with Gasteiger partial charge < -0.3 is 9.47 Å². The van der Waals surface area contributed by atoms with Gasteiger partial charge in [-0.15, -0.1) is 6.42 Å². The van der Waals surface area contributed by atoms with Gasteiger partial charge in [0, 0.05) is 18.8 Å². The van der Waals surface area contributed by atoms with E-state index in [-0.39, 0.29) is 5.78 Å². The molecule has 21 heavy (non-hydrogen) atoms. The third-order valence-corrected chi connectivity index (χ3v) is 3.28. The average molecular weight is 279 g/mol. The van der Waals surface area contributed by atoms with Crippen LogP contribution in [0, 0.1) is 12.3 Å². The molecule has 4 heteroatoms. The Morgan fingerprint density at radius 3 is 2.86 bits per heavy atom. The molecule has 1 aliphatic rings. The van der Waals surface area contributed by atoms with Crippen molar-refractivity contribution < 1.29 is 14.3 Å². The molecule has 0 saturated carbocycles. The van der Waals surface area contributed by atoms with Gasteiger partial charge in [0.1, 0.15) is 23.7 Å². The van der Waals surface area contributed by atoms with Crippen LogP contribution in [0.5, 0.6) is 11.5 Å². The highest BCUT2D eigenvalue weighted by atomic mass is 16.5. The lowest BCUT2D eigenvalue weighted by molar-refractivity contribution is 0.0933. The fourth-order valence-corrected chi connectivity index (χ4v) is 2.21. The quantitative estimate of drug-likeness (QED) is 0.810. The number of ether oxygens (including phenoxy) is 2. The molecule has 0 N–H and O–H groups in total. The molecule has 0 bridgehead atoms. The average Bonchev–Trinajstić information content (AvgIpc) is 2.53. The lowest BCUT2D eigenvalue weighted by Crippen LogP contribution is -2.16. The number of terminal acetylenes is 1. The van der Waals surface area contributed by atoms with Crippen LogP contribution in [-0.2, 0) is 6.61 Å². The Bertz CT molecular complexity index is 717. The molecule has 1 aliphatic heterocycles. The summed E-state index contributed by atoms with van der Waals surface area (Å²) in [5.41, 5.74) is 2.02. The summed E-state index contributed by atoms with van der Waals surface area (Å²) in [5.74, 6) is 3.62. The van der Waals surface area contributed by atoms with E-state index in [1.165, 1.54) is 0 Å². The number of hydrogen-bond donors (Lipinski definition) is 0. The van der Waals surface area contributed by atoms with E-state index in [9.17, 15) is 4.79 Å². The molecule has 0 saturated heterocycles. The number of rotatable bonds is 3. The first-order chi connectivity index (χ1) is 10.3. The van der Waals surface area contributed by atoms with E-state index in [0.29, 0.717) is 42.3 Å². The van der Waals surface area contributed by atoms with E-state index < -0.39 is 0 Å². The molecule has 3 rings (SSSR count). The van der Waals surface area contributed by atoms with E-state index in [1.54, 1.807) is 24.5 Å². The SMILES string of the molecule is C#Cc1c(OCc2ccncc2)ccc2c1OCCC2=O. The minimum atomic E-state index is 0.0495. The van der Waals surface area contributed by atoms with Crippen molar-refractivity contribution in [3.05, 3.63) is 53.3 Å². The molecular formula is C17H13NO3. The number of carbonyl (C=O) groups excluding carboxylic acids is 1. The maximum Gasteiger partial charge on any atom is 0.170 e. The third kappa shape index (κ3) is 2.59. The van der Waals surface area contributed by atoms with Crippen molar-refractivity contribution in [2.75, 3.05) is 6.61 Å². The number of hydrogen-bond acceptors (Lipinski definition) is 4. The Morgan fingerprint density at radius 2 is 2.10 bits per heavy atom. The zero-order valence-electron chi connectivity index (χ0n) is 11.3. The number of benzene rings is 1. The van der Waals surface area contributed by atoms with Crippen molar-refractivity contribution in [1.29, 1.82) is 0 Å². The maximum absolute atomic E-state index is 11.8. The standard InChI is InChI=1S/C17H13NO3/c1-2-13-16(21-11-12-5-8-18-9-6-12)4-3-14-15(19)7-10-20-17(13)14/h1,3-6,8-9H,7,10-11H2. The van der Waals surface area contributed by atoms with Gasteiger partial charge >= 0.3 is 0 Å². The van der Waals surface area contributed by atoms with E-state index in [2.05, 4.69) is 10.9 Å². The van der Waals surface area contributed by atoms with Crippen molar-refractivity contribution >= 4 is 5.78 Å². The zero-order valence-corrected chi connectivity index (χ0v) is 11.3. The summed E-state index contributed by atoms with van der Waals surface area (Å²) >= 11 is 0. The predicted octanol–water partition coefficient (Wildman–Crippen LogP) is 2.61. The van der Waals surface area contributed by atoms with Gasteiger partial charge in [0.2, 0.25) is 0 Å². The largest absolute Gasteiger partial charge is 0.491 e. The molecule has 0 unspecified atom stereocenters. The van der Waals surface area contributed by atoms with Crippen LogP contribution in [0.15, 0.2) is 36.7 Å². The fourth-order valence-electron chi connectivity index (χ4n) is 2.21. The highest BCUT2D eigenvalue weighted by Gasteiger charge is 2.23. The molecule has 0 atom stereocenters. The number of ketones is 1. The highest BCUT2D eigenvalue weighted by Crippen LogP contribution is 2.35. The number of carbonyl (C=O) groups is 1. The molecule has 104 valence electrons. The van der Waals surface area contributed by atoms with Gasteiger partial charge in [-0.2, -0.15) is 0 Å². The van der Waals surface area contributed by atoms with Crippen molar-refractivity contribution in [1.82, 2.24) is 4.98 Å². The van der Waals surface area contributed by atoms with Gasteiger partial charge in [-0.25, -0.2) is 0 Å². The number of aromatic nitrogens is 1. The Morgan fingerprint density at radius 1 is 1.29 bits per heavy atom. The molecule has 0 fully saturated rings. The van der Waals surface area contributed by atoms with Crippen LogP contribution in [0.3, 0.4) is 0 Å². The number of fused-ring (bicyclic) bond motifs is 1. The lowest BCUT2D eigenvalue weighted by atomic mass is 10.0. The van der Waals surface area contributed by atoms with Gasteiger partial charge in [0.15, 0.2) is 5.78 Å². The molecule has 0 amide bonds. The summed E-state index contributed by atoms with van der Waals surface area (Å²) < 4.78 is 11.3. The second-order valence-corrected chi connectivity index (χ2v) is 4.63. The predicted molar refractivity (Wildman–Crippen MR) is 77.4 cm³/mol. The second kappa shape index (κ2) is 5.68. The monoisotopic (exact) mass is 279 g/mol. The van der Waals surface area contributed by atoms with Crippen LogP contribution >= 0.6 is 0 Å². The molecule has 0 radical (unpaired) electrons. The molecular weight excluding hydrogens is 266 g/mol. The topological polar surface area (TPSA) is 48.4 Å². The zero-order chi connectivity index (χ0) is 14.7. The number of Topliss-reactive ketones (excluding diaryl/α,β-unsaturated/α-hetero) is 1. The van der Waals surface area contributed by atoms with Crippen LogP contribution in [0.1, 0.15) is 27.9 Å². The Hall–Kier alpha value is -2.80. The summed E-state index contributed by atoms with van der Waals surface area (Å²) in [6.45, 7) is 0.734. The van der Waals surface area contributed by atoms with E-state index >= 15 is 0 Å². The van der Waals surface area contributed by atoms with Crippen LogP contribution in [0.2, 0.25) is 0 Å². The molecule has 1 aromatic carbocycles. The van der Waals surface area contributed by atoms with Crippen LogP contribution in [0.25, 0.3) is 0 Å². The smallest absolute Gasteiger partial charge is 0.170 e. The fraction of sp³-hybridized carbons (Fsp3) is 0.176. The summed E-state index contributed by atoms with van der Waals surface area (Å²) in [5, 5.41) is 0. The first kappa shape index (κ1) is 13.2. The molecule has 4 nitrogen and oxygen atoms in total. The van der Waals surface area contributed by atoms with E-state index in [0.717, 1.165) is 5.56 Å². The van der Waals surface area contributed by atoms with Crippen LogP contribution in [0.4, 0.5) is 0 Å². The minimum absolute atomic E-state index is 0.0495. The maximum atomic E-state index is 11.8. The first-order valence-electron chi connectivity index (χ1n) is 6.61. The second-order valence-electron chi connectivity index (χ2n) is 4.63. The molecule has 2 aromatic rings. The van der Waals surface area contributed by atoms with Gasteiger partial charge in [0.05, 0.1) is 12.2 Å². The van der Waals surface area contributed by atoms with E-state index in [4.69, 9.17) is 15.9 Å². The summed E-state index contributed by atoms with van der Waals surface area (Å²) in [6.07, 6.45) is 9.35. The van der Waals surface area contributed by atoms with Gasteiger partial charge in [-0.3, -0.25) is 9.78 Å². The molecule has 2 heterocycles. The molecule has 0 aliphatic carbocycles. The van der Waals surface area contributed by atoms with Crippen molar-refractivity contribution in [3.8, 4) is 23.8 Å². The van der Waals surface area contributed by atoms with Crippen molar-refractivity contribution in [2.24, 2.45) is 0 Å². The molecule has 1 aromatic heterocycles. The van der Waals surface area contributed by atoms with Gasteiger partial charge in [-0.05, 0) is 29.8 Å². The summed E-state index contributed by atoms with van der Waals surface area (Å²) in [4.78, 5) is 15.8. The summed E-state index contributed by atoms with van der Waals surface area (Å²) in [6, 6.07) is 7.17. The summed E-state index contributed by atoms with van der Waals surface area (Å²) in [7, 11) is 0. The van der Waals surface area contributed by atoms with Gasteiger partial charge in [-0.1, -0.05) is 5.92 Å². The Balaban J connectivity index is 1.89. The van der Waals surface area contributed by atoms with Crippen LogP contribution < -0.4 is 9.47 Å². The Labute approximate surface area is 122 Å². The Kier molecular flexibility index (Phi) is 3.57. The highest BCUT2D eigenvalue weighted by molar-refractivity contribution is 6.00. The lowest BCUT2D eigenvalue weighted by Gasteiger charge is -2.19. The van der Waals surface area contributed by atoms with Crippen molar-refractivity contribution in [2.45, 2.75) is 13.0 Å². The van der Waals surface area contributed by atoms with Gasteiger partial charge in [0.25, 0.3) is 0 Å². The first-order valence-corrected chi connectivity index (χ1v) is 6.61. The van der Waals surface area contributed by atoms with E-state index in [1.807, 2.05) is 12.1 Å². The minimum Gasteiger partial charge on any atom is -0.491 e. The third-order valence-electron chi connectivity index (χ3n) is 3.28. The number of pyridine rings is 1. The van der Waals surface area contributed by atoms with Crippen LogP contribution in [-0.4, -0.2) is 17.4 Å². The van der Waals surface area contributed by atoms with Crippen molar-refractivity contribution in [3.63, 3.8) is 0 Å². The normalized spacial score (nSPS) is 13.0. The number of nitrogens with zero attached hydrogens (tertiary/aromatic N) is 1. The molecule has 0 spiro atoms.